The first kappa shape index (κ1) is 18.3. The number of sulfonamides is 1. The van der Waals surface area contributed by atoms with Crippen LogP contribution in [0.25, 0.3) is 0 Å². The van der Waals surface area contributed by atoms with Gasteiger partial charge in [-0.2, -0.15) is 0 Å². The van der Waals surface area contributed by atoms with E-state index in [0.717, 1.165) is 12.8 Å². The van der Waals surface area contributed by atoms with Crippen molar-refractivity contribution in [3.8, 4) is 5.75 Å². The fraction of sp³-hybridized carbons (Fsp3) is 0.316. The molecule has 0 radical (unpaired) electrons. The van der Waals surface area contributed by atoms with E-state index < -0.39 is 10.0 Å². The molecule has 1 saturated heterocycles. The fourth-order valence-electron chi connectivity index (χ4n) is 2.81. The minimum Gasteiger partial charge on any atom is -0.494 e. The van der Waals surface area contributed by atoms with Gasteiger partial charge in [-0.3, -0.25) is 9.52 Å². The van der Waals surface area contributed by atoms with Crippen molar-refractivity contribution in [3.05, 3.63) is 48.5 Å². The Morgan fingerprint density at radius 3 is 2.58 bits per heavy atom. The highest BCUT2D eigenvalue weighted by molar-refractivity contribution is 7.92. The Morgan fingerprint density at radius 1 is 1.15 bits per heavy atom. The van der Waals surface area contributed by atoms with Gasteiger partial charge in [-0.1, -0.05) is 13.0 Å². The van der Waals surface area contributed by atoms with Crippen molar-refractivity contribution in [2.75, 3.05) is 22.8 Å². The molecule has 138 valence electrons. The predicted octanol–water partition coefficient (Wildman–Crippen LogP) is 3.40. The van der Waals surface area contributed by atoms with Gasteiger partial charge in [0.15, 0.2) is 0 Å². The molecule has 0 bridgehead atoms. The largest absolute Gasteiger partial charge is 0.494 e. The lowest BCUT2D eigenvalue weighted by molar-refractivity contribution is -0.117. The molecule has 2 aromatic carbocycles. The lowest BCUT2D eigenvalue weighted by Crippen LogP contribution is -2.23. The molecular formula is C19H22N2O4S. The Kier molecular flexibility index (Phi) is 5.46. The van der Waals surface area contributed by atoms with Crippen molar-refractivity contribution >= 4 is 27.3 Å². The maximum atomic E-state index is 12.6. The summed E-state index contributed by atoms with van der Waals surface area (Å²) in [4.78, 5) is 13.7. The number of amides is 1. The number of nitrogens with zero attached hydrogens (tertiary/aromatic N) is 1. The standard InChI is InChI=1S/C19H22N2O4S/c1-2-13-25-17-8-10-18(11-9-17)26(23,24)20-15-5-3-6-16(14-15)21-12-4-7-19(21)22/h3,5-6,8-11,14,20H,2,4,7,12-13H2,1H3. The lowest BCUT2D eigenvalue weighted by atomic mass is 10.2. The summed E-state index contributed by atoms with van der Waals surface area (Å²) in [5, 5.41) is 0. The average molecular weight is 374 g/mol. The van der Waals surface area contributed by atoms with Gasteiger partial charge in [-0.15, -0.1) is 0 Å². The van der Waals surface area contributed by atoms with Crippen molar-refractivity contribution in [1.29, 1.82) is 0 Å². The first-order valence-corrected chi connectivity index (χ1v) is 10.1. The molecule has 1 fully saturated rings. The second kappa shape index (κ2) is 7.78. The number of hydrogen-bond acceptors (Lipinski definition) is 4. The summed E-state index contributed by atoms with van der Waals surface area (Å²) in [7, 11) is -3.71. The van der Waals surface area contributed by atoms with Crippen LogP contribution < -0.4 is 14.4 Å². The van der Waals surface area contributed by atoms with Crippen LogP contribution in [0.5, 0.6) is 5.75 Å². The highest BCUT2D eigenvalue weighted by Crippen LogP contribution is 2.26. The minimum absolute atomic E-state index is 0.0627. The molecule has 0 unspecified atom stereocenters. The highest BCUT2D eigenvalue weighted by Gasteiger charge is 2.22. The Bertz CT molecular complexity index is 879. The molecule has 0 saturated carbocycles. The monoisotopic (exact) mass is 374 g/mol. The quantitative estimate of drug-likeness (QED) is 0.806. The summed E-state index contributed by atoms with van der Waals surface area (Å²) < 4.78 is 33.2. The Morgan fingerprint density at radius 2 is 1.92 bits per heavy atom. The van der Waals surface area contributed by atoms with E-state index in [-0.39, 0.29) is 10.8 Å². The molecule has 0 atom stereocenters. The predicted molar refractivity (Wildman–Crippen MR) is 101 cm³/mol. The van der Waals surface area contributed by atoms with E-state index in [1.165, 1.54) is 12.1 Å². The van der Waals surface area contributed by atoms with Crippen molar-refractivity contribution in [1.82, 2.24) is 0 Å². The summed E-state index contributed by atoms with van der Waals surface area (Å²) >= 11 is 0. The summed E-state index contributed by atoms with van der Waals surface area (Å²) in [5.74, 6) is 0.702. The molecule has 0 aliphatic carbocycles. The van der Waals surface area contributed by atoms with Gasteiger partial charge in [0.25, 0.3) is 10.0 Å². The number of hydrogen-bond donors (Lipinski definition) is 1. The zero-order valence-electron chi connectivity index (χ0n) is 14.6. The molecule has 1 heterocycles. The van der Waals surface area contributed by atoms with Gasteiger partial charge < -0.3 is 9.64 Å². The van der Waals surface area contributed by atoms with Crippen LogP contribution in [0.3, 0.4) is 0 Å². The zero-order valence-corrected chi connectivity index (χ0v) is 15.5. The van der Waals surface area contributed by atoms with E-state index in [1.807, 2.05) is 6.92 Å². The van der Waals surface area contributed by atoms with Crippen LogP contribution in [0.2, 0.25) is 0 Å². The third kappa shape index (κ3) is 4.16. The summed E-state index contributed by atoms with van der Waals surface area (Å²) in [6.45, 7) is 3.26. The third-order valence-corrected chi connectivity index (χ3v) is 5.49. The molecule has 1 aliphatic rings. The van der Waals surface area contributed by atoms with Crippen LogP contribution in [0.1, 0.15) is 26.2 Å². The second-order valence-corrected chi connectivity index (χ2v) is 7.81. The van der Waals surface area contributed by atoms with E-state index in [4.69, 9.17) is 4.74 Å². The number of rotatable bonds is 7. The number of anilines is 2. The molecule has 2 aromatic rings. The summed E-state index contributed by atoms with van der Waals surface area (Å²) in [5.41, 5.74) is 1.13. The highest BCUT2D eigenvalue weighted by atomic mass is 32.2. The summed E-state index contributed by atoms with van der Waals surface area (Å²) in [6.07, 6.45) is 2.24. The minimum atomic E-state index is -3.71. The topological polar surface area (TPSA) is 75.7 Å². The SMILES string of the molecule is CCCOc1ccc(S(=O)(=O)Nc2cccc(N3CCCC3=O)c2)cc1. The van der Waals surface area contributed by atoms with Crippen LogP contribution in [-0.4, -0.2) is 27.5 Å². The molecule has 1 amide bonds. The van der Waals surface area contributed by atoms with Gasteiger partial charge in [0.1, 0.15) is 5.75 Å². The first-order chi connectivity index (χ1) is 12.5. The lowest BCUT2D eigenvalue weighted by Gasteiger charge is -2.17. The van der Waals surface area contributed by atoms with Gasteiger partial charge in [0.2, 0.25) is 5.91 Å². The van der Waals surface area contributed by atoms with Crippen molar-refractivity contribution in [2.45, 2.75) is 31.1 Å². The van der Waals surface area contributed by atoms with Crippen molar-refractivity contribution in [3.63, 3.8) is 0 Å². The number of benzene rings is 2. The van der Waals surface area contributed by atoms with Crippen LogP contribution in [0.15, 0.2) is 53.4 Å². The molecule has 1 N–H and O–H groups in total. The molecule has 7 heteroatoms. The number of nitrogens with one attached hydrogen (secondary N) is 1. The Labute approximate surface area is 153 Å². The van der Waals surface area contributed by atoms with E-state index >= 15 is 0 Å². The maximum Gasteiger partial charge on any atom is 0.261 e. The number of ether oxygens (including phenoxy) is 1. The van der Waals surface area contributed by atoms with Gasteiger partial charge in [0.05, 0.1) is 17.2 Å². The zero-order chi connectivity index (χ0) is 18.6. The first-order valence-electron chi connectivity index (χ1n) is 8.66. The van der Waals surface area contributed by atoms with Crippen LogP contribution in [0.4, 0.5) is 11.4 Å². The second-order valence-electron chi connectivity index (χ2n) is 6.12. The molecular weight excluding hydrogens is 352 g/mol. The van der Waals surface area contributed by atoms with E-state index in [0.29, 0.717) is 36.7 Å². The Balaban J connectivity index is 1.76. The van der Waals surface area contributed by atoms with Crippen molar-refractivity contribution in [2.24, 2.45) is 0 Å². The molecule has 6 nitrogen and oxygen atoms in total. The average Bonchev–Trinajstić information content (AvgIpc) is 3.06. The maximum absolute atomic E-state index is 12.6. The van der Waals surface area contributed by atoms with Gasteiger partial charge >= 0.3 is 0 Å². The van der Waals surface area contributed by atoms with Gasteiger partial charge in [-0.05, 0) is 55.3 Å². The Hall–Kier alpha value is -2.54. The third-order valence-electron chi connectivity index (χ3n) is 4.09. The van der Waals surface area contributed by atoms with Crippen LogP contribution >= 0.6 is 0 Å². The fourth-order valence-corrected chi connectivity index (χ4v) is 3.86. The smallest absolute Gasteiger partial charge is 0.261 e. The number of carbonyl (C=O) groups excluding carboxylic acids is 1. The van der Waals surface area contributed by atoms with E-state index in [9.17, 15) is 13.2 Å². The molecule has 0 spiro atoms. The molecule has 3 rings (SSSR count). The summed E-state index contributed by atoms with van der Waals surface area (Å²) in [6, 6.07) is 13.2. The van der Waals surface area contributed by atoms with Crippen LogP contribution in [-0.2, 0) is 14.8 Å². The normalized spacial score (nSPS) is 14.5. The van der Waals surface area contributed by atoms with Crippen molar-refractivity contribution < 1.29 is 17.9 Å². The number of carbonyl (C=O) groups is 1. The van der Waals surface area contributed by atoms with Gasteiger partial charge in [-0.25, -0.2) is 8.42 Å². The molecule has 0 aromatic heterocycles. The van der Waals surface area contributed by atoms with Crippen LogP contribution in [0, 0.1) is 0 Å². The van der Waals surface area contributed by atoms with Gasteiger partial charge in [0, 0.05) is 18.7 Å². The molecule has 26 heavy (non-hydrogen) atoms. The van der Waals surface area contributed by atoms with E-state index in [2.05, 4.69) is 4.72 Å². The van der Waals surface area contributed by atoms with E-state index in [1.54, 1.807) is 41.3 Å². The molecule has 1 aliphatic heterocycles.